The van der Waals surface area contributed by atoms with Crippen molar-refractivity contribution < 1.29 is 48.2 Å². The summed E-state index contributed by atoms with van der Waals surface area (Å²) in [5, 5.41) is 19.2. The number of hydrogen-bond acceptors (Lipinski definition) is 3. The molecule has 56 heavy (non-hydrogen) atoms. The van der Waals surface area contributed by atoms with Crippen molar-refractivity contribution in [2.45, 2.75) is 13.1 Å². The SMILES string of the molecule is CCOC([O-])=[C-]Oc1ccccc1C(F)(F)F.[Pd+2].c1ccc(P(c2ccccc2)c2ccccc2)cc1.c1ccc(P(c2ccccc2)c2ccccc2)cc1. The molecule has 0 bridgehead atoms. The molecule has 0 saturated carbocycles. The maximum absolute atomic E-state index is 12.5. The van der Waals surface area contributed by atoms with E-state index in [0.717, 1.165) is 12.1 Å². The average molecular weight is 877 g/mol. The summed E-state index contributed by atoms with van der Waals surface area (Å²) in [6, 6.07) is 69.2. The van der Waals surface area contributed by atoms with Gasteiger partial charge in [0, 0.05) is 5.56 Å². The van der Waals surface area contributed by atoms with Gasteiger partial charge < -0.3 is 14.6 Å². The fourth-order valence-electron chi connectivity index (χ4n) is 5.40. The zero-order valence-corrected chi connectivity index (χ0v) is 33.7. The standard InChI is InChI=1S/2C18H15P.C11H10F3O3.Pd/c2*1-4-10-16(11-5-1)19(17-12-6-2-7-13-17)18-14-8-3-9-15-18;1-2-16-10(15)7-17-9-6-4-3-5-8(9)11(12,13)14;/h2*1-15H;3-6,15H,2H2,1H3;/q;;-1;+2/p-1. The Labute approximate surface area is 343 Å². The summed E-state index contributed by atoms with van der Waals surface area (Å²) in [7, 11) is -0.892. The Morgan fingerprint density at radius 1 is 0.482 bits per heavy atom. The van der Waals surface area contributed by atoms with Crippen LogP contribution in [0.25, 0.3) is 0 Å². The van der Waals surface area contributed by atoms with E-state index in [2.05, 4.69) is 191 Å². The van der Waals surface area contributed by atoms with Crippen molar-refractivity contribution in [2.24, 2.45) is 0 Å². The second-order valence-electron chi connectivity index (χ2n) is 11.6. The molecular weight excluding hydrogens is 838 g/mol. The Kier molecular flexibility index (Phi) is 18.1. The first-order valence-electron chi connectivity index (χ1n) is 17.5. The molecule has 0 saturated heterocycles. The summed E-state index contributed by atoms with van der Waals surface area (Å²) in [5.74, 6) is -1.45. The van der Waals surface area contributed by atoms with E-state index in [4.69, 9.17) is 0 Å². The molecule has 0 N–H and O–H groups in total. The molecule has 0 aromatic heterocycles. The van der Waals surface area contributed by atoms with Gasteiger partial charge in [-0.25, -0.2) is 0 Å². The maximum atomic E-state index is 12.5. The van der Waals surface area contributed by atoms with Crippen molar-refractivity contribution in [1.82, 2.24) is 0 Å². The molecular formula is C47H39F3O3P2Pd. The van der Waals surface area contributed by atoms with Crippen LogP contribution in [0.3, 0.4) is 0 Å². The minimum Gasteiger partial charge on any atom is -0.639 e. The van der Waals surface area contributed by atoms with Crippen LogP contribution in [0.5, 0.6) is 5.75 Å². The van der Waals surface area contributed by atoms with Gasteiger partial charge in [-0.15, -0.1) is 6.07 Å². The summed E-state index contributed by atoms with van der Waals surface area (Å²) in [6.07, 6.45) is -2.80. The predicted molar refractivity (Wildman–Crippen MR) is 221 cm³/mol. The van der Waals surface area contributed by atoms with Crippen LogP contribution in [0.1, 0.15) is 12.5 Å². The first kappa shape index (κ1) is 43.7. The van der Waals surface area contributed by atoms with Crippen molar-refractivity contribution in [2.75, 3.05) is 6.61 Å². The number of hydrogen-bond donors (Lipinski definition) is 0. The van der Waals surface area contributed by atoms with E-state index in [1.807, 2.05) is 0 Å². The van der Waals surface area contributed by atoms with Crippen LogP contribution in [0.2, 0.25) is 0 Å². The molecule has 7 rings (SSSR count). The van der Waals surface area contributed by atoms with E-state index < -0.39 is 39.3 Å². The van der Waals surface area contributed by atoms with Gasteiger partial charge in [-0.2, -0.15) is 13.2 Å². The number of benzene rings is 7. The van der Waals surface area contributed by atoms with Crippen molar-refractivity contribution >= 4 is 47.7 Å². The van der Waals surface area contributed by atoms with E-state index in [9.17, 15) is 18.3 Å². The molecule has 0 unspecified atom stereocenters. The number of para-hydroxylation sites is 1. The van der Waals surface area contributed by atoms with Gasteiger partial charge in [0.2, 0.25) is 0 Å². The molecule has 0 atom stereocenters. The molecule has 7 aromatic carbocycles. The number of ether oxygens (including phenoxy) is 2. The third kappa shape index (κ3) is 13.3. The van der Waals surface area contributed by atoms with Gasteiger partial charge in [0.15, 0.2) is 0 Å². The van der Waals surface area contributed by atoms with Crippen LogP contribution in [0.4, 0.5) is 13.2 Å². The Morgan fingerprint density at radius 3 is 1.02 bits per heavy atom. The van der Waals surface area contributed by atoms with Crippen LogP contribution in [0.15, 0.2) is 212 Å². The quantitative estimate of drug-likeness (QED) is 0.0597. The second kappa shape index (κ2) is 23.2. The summed E-state index contributed by atoms with van der Waals surface area (Å²) in [4.78, 5) is 0. The van der Waals surface area contributed by atoms with E-state index in [0.29, 0.717) is 0 Å². The molecule has 9 heteroatoms. The predicted octanol–water partition coefficient (Wildman–Crippen LogP) is 8.97. The summed E-state index contributed by atoms with van der Waals surface area (Å²) < 4.78 is 46.5. The van der Waals surface area contributed by atoms with Crippen molar-refractivity contribution in [3.05, 3.63) is 224 Å². The minimum atomic E-state index is -4.55. The Morgan fingerprint density at radius 2 is 0.750 bits per heavy atom. The smallest absolute Gasteiger partial charge is 0.639 e. The molecule has 0 radical (unpaired) electrons. The zero-order valence-electron chi connectivity index (χ0n) is 30.4. The second-order valence-corrected chi connectivity index (χ2v) is 16.0. The molecule has 0 heterocycles. The van der Waals surface area contributed by atoms with Crippen molar-refractivity contribution in [3.8, 4) is 5.75 Å². The average Bonchev–Trinajstić information content (AvgIpc) is 3.23. The van der Waals surface area contributed by atoms with E-state index in [1.54, 1.807) is 13.2 Å². The molecule has 0 aliphatic carbocycles. The Hall–Kier alpha value is -5.01. The van der Waals surface area contributed by atoms with Crippen LogP contribution in [-0.2, 0) is 31.3 Å². The number of rotatable bonds is 10. The molecule has 0 amide bonds. The molecule has 7 aromatic rings. The van der Waals surface area contributed by atoms with E-state index >= 15 is 0 Å². The van der Waals surface area contributed by atoms with Gasteiger partial charge >= 0.3 is 26.6 Å². The summed E-state index contributed by atoms with van der Waals surface area (Å²) in [5.41, 5.74) is -0.975. The van der Waals surface area contributed by atoms with Gasteiger partial charge in [0.1, 0.15) is 0 Å². The van der Waals surface area contributed by atoms with Crippen LogP contribution < -0.4 is 41.7 Å². The molecule has 0 aliphatic rings. The molecule has 0 fully saturated rings. The molecule has 286 valence electrons. The van der Waals surface area contributed by atoms with Crippen molar-refractivity contribution in [3.63, 3.8) is 0 Å². The first-order valence-corrected chi connectivity index (χ1v) is 20.2. The van der Waals surface area contributed by atoms with Gasteiger partial charge in [-0.1, -0.05) is 213 Å². The van der Waals surface area contributed by atoms with Crippen LogP contribution >= 0.6 is 15.8 Å². The topological polar surface area (TPSA) is 41.5 Å². The third-order valence-corrected chi connectivity index (χ3v) is 12.7. The first-order chi connectivity index (χ1) is 26.8. The zero-order chi connectivity index (χ0) is 38.7. The van der Waals surface area contributed by atoms with E-state index in [1.165, 1.54) is 44.0 Å². The number of halogens is 3. The minimum absolute atomic E-state index is 0. The van der Waals surface area contributed by atoms with Crippen LogP contribution in [0, 0.1) is 6.26 Å². The number of alkyl halides is 3. The maximum Gasteiger partial charge on any atom is 2.00 e. The van der Waals surface area contributed by atoms with E-state index in [-0.39, 0.29) is 27.0 Å². The molecule has 0 spiro atoms. The summed E-state index contributed by atoms with van der Waals surface area (Å²) >= 11 is 0. The van der Waals surface area contributed by atoms with Gasteiger partial charge in [-0.3, -0.25) is 0 Å². The fraction of sp³-hybridized carbons (Fsp3) is 0.0638. The third-order valence-electron chi connectivity index (χ3n) is 7.80. The Balaban J connectivity index is 0.000000185. The van der Waals surface area contributed by atoms with Gasteiger partial charge in [0.25, 0.3) is 0 Å². The normalized spacial score (nSPS) is 10.9. The summed E-state index contributed by atoms with van der Waals surface area (Å²) in [6.45, 7) is 1.65. The van der Waals surface area contributed by atoms with Gasteiger partial charge in [0.05, 0.1) is 0 Å². The monoisotopic (exact) mass is 876 g/mol. The Bertz CT molecular complexity index is 1840. The van der Waals surface area contributed by atoms with Crippen LogP contribution in [-0.4, -0.2) is 6.61 Å². The largest absolute Gasteiger partial charge is 2.00 e. The van der Waals surface area contributed by atoms with Gasteiger partial charge in [-0.05, 0) is 66.0 Å². The molecule has 0 aliphatic heterocycles. The molecule has 3 nitrogen and oxygen atoms in total. The van der Waals surface area contributed by atoms with Crippen molar-refractivity contribution in [1.29, 1.82) is 0 Å². The fourth-order valence-corrected chi connectivity index (χ4v) is 10.0.